The Labute approximate surface area is 124 Å². The molecule has 2 fully saturated rings. The highest BCUT2D eigenvalue weighted by atomic mass is 32.1. The van der Waals surface area contributed by atoms with Crippen LogP contribution >= 0.6 is 11.3 Å². The number of hydrogen-bond donors (Lipinski definition) is 2. The SMILES string of the molecule is Cc1csc(C(NC(=O)[C@@H]2CCC[C@@H]2CN)C2CC2)n1. The molecule has 0 radical (unpaired) electrons. The van der Waals surface area contributed by atoms with Crippen molar-refractivity contribution in [2.24, 2.45) is 23.5 Å². The number of amides is 1. The van der Waals surface area contributed by atoms with Crippen molar-refractivity contribution in [3.8, 4) is 0 Å². The molecular weight excluding hydrogens is 270 g/mol. The lowest BCUT2D eigenvalue weighted by Crippen LogP contribution is -2.38. The first kappa shape index (κ1) is 14.0. The Bertz CT molecular complexity index is 483. The van der Waals surface area contributed by atoms with E-state index in [1.807, 2.05) is 6.92 Å². The van der Waals surface area contributed by atoms with E-state index in [2.05, 4.69) is 15.7 Å². The maximum absolute atomic E-state index is 12.5. The van der Waals surface area contributed by atoms with Gasteiger partial charge in [-0.05, 0) is 51.0 Å². The van der Waals surface area contributed by atoms with Crippen LogP contribution in [0.1, 0.15) is 48.8 Å². The standard InChI is InChI=1S/C15H23N3OS/c1-9-8-20-15(17-9)13(10-5-6-10)18-14(19)12-4-2-3-11(12)7-16/h8,10-13H,2-7,16H2,1H3,(H,18,19)/t11-,12-,13?/m1/s1. The van der Waals surface area contributed by atoms with Gasteiger partial charge in [-0.2, -0.15) is 0 Å². The molecule has 3 N–H and O–H groups in total. The lowest BCUT2D eigenvalue weighted by Gasteiger charge is -2.22. The molecule has 4 nitrogen and oxygen atoms in total. The van der Waals surface area contributed by atoms with Crippen LogP contribution < -0.4 is 11.1 Å². The Morgan fingerprint density at radius 2 is 2.30 bits per heavy atom. The minimum atomic E-state index is 0.113. The highest BCUT2D eigenvalue weighted by Gasteiger charge is 2.38. The quantitative estimate of drug-likeness (QED) is 0.876. The smallest absolute Gasteiger partial charge is 0.224 e. The minimum absolute atomic E-state index is 0.113. The van der Waals surface area contributed by atoms with E-state index in [4.69, 9.17) is 5.73 Å². The molecule has 5 heteroatoms. The zero-order chi connectivity index (χ0) is 14.1. The summed E-state index contributed by atoms with van der Waals surface area (Å²) in [7, 11) is 0. The summed E-state index contributed by atoms with van der Waals surface area (Å²) in [4.78, 5) is 17.1. The van der Waals surface area contributed by atoms with Gasteiger partial charge in [0, 0.05) is 17.0 Å². The van der Waals surface area contributed by atoms with E-state index in [0.717, 1.165) is 30.0 Å². The van der Waals surface area contributed by atoms with Crippen LogP contribution in [0.25, 0.3) is 0 Å². The molecule has 20 heavy (non-hydrogen) atoms. The molecular formula is C15H23N3OS. The van der Waals surface area contributed by atoms with Gasteiger partial charge < -0.3 is 11.1 Å². The van der Waals surface area contributed by atoms with E-state index in [0.29, 0.717) is 18.4 Å². The lowest BCUT2D eigenvalue weighted by molar-refractivity contribution is -0.126. The molecule has 2 saturated carbocycles. The van der Waals surface area contributed by atoms with E-state index in [1.54, 1.807) is 11.3 Å². The van der Waals surface area contributed by atoms with Crippen LogP contribution in [0.2, 0.25) is 0 Å². The molecule has 2 aliphatic carbocycles. The third-order valence-electron chi connectivity index (χ3n) is 4.59. The van der Waals surface area contributed by atoms with Gasteiger partial charge in [0.1, 0.15) is 5.01 Å². The van der Waals surface area contributed by atoms with Crippen molar-refractivity contribution in [1.29, 1.82) is 0 Å². The molecule has 1 aromatic heterocycles. The lowest BCUT2D eigenvalue weighted by atomic mass is 9.95. The summed E-state index contributed by atoms with van der Waals surface area (Å²) in [6, 6.07) is 0.125. The fourth-order valence-corrected chi connectivity index (χ4v) is 4.19. The van der Waals surface area contributed by atoms with Gasteiger partial charge >= 0.3 is 0 Å². The van der Waals surface area contributed by atoms with Gasteiger partial charge in [-0.1, -0.05) is 6.42 Å². The number of carbonyl (C=O) groups excluding carboxylic acids is 1. The molecule has 3 rings (SSSR count). The molecule has 1 aromatic rings. The summed E-state index contributed by atoms with van der Waals surface area (Å²) in [5.41, 5.74) is 6.84. The van der Waals surface area contributed by atoms with Crippen molar-refractivity contribution in [3.63, 3.8) is 0 Å². The van der Waals surface area contributed by atoms with Gasteiger partial charge in [0.2, 0.25) is 5.91 Å². The van der Waals surface area contributed by atoms with E-state index in [9.17, 15) is 4.79 Å². The van der Waals surface area contributed by atoms with Crippen LogP contribution in [0.3, 0.4) is 0 Å². The van der Waals surface area contributed by atoms with Gasteiger partial charge in [-0.25, -0.2) is 4.98 Å². The number of aryl methyl sites for hydroxylation is 1. The first-order valence-corrected chi connectivity index (χ1v) is 8.49. The summed E-state index contributed by atoms with van der Waals surface area (Å²) in [6.45, 7) is 2.63. The number of rotatable bonds is 5. The van der Waals surface area contributed by atoms with E-state index >= 15 is 0 Å². The number of nitrogens with zero attached hydrogens (tertiary/aromatic N) is 1. The van der Waals surface area contributed by atoms with Crippen molar-refractivity contribution in [2.45, 2.75) is 45.1 Å². The molecule has 0 aromatic carbocycles. The summed E-state index contributed by atoms with van der Waals surface area (Å²) >= 11 is 1.67. The van der Waals surface area contributed by atoms with Gasteiger partial charge in [-0.3, -0.25) is 4.79 Å². The summed E-state index contributed by atoms with van der Waals surface area (Å²) in [6.07, 6.45) is 5.62. The second-order valence-corrected chi connectivity index (χ2v) is 7.07. The minimum Gasteiger partial charge on any atom is -0.346 e. The van der Waals surface area contributed by atoms with E-state index in [1.165, 1.54) is 12.8 Å². The molecule has 0 aliphatic heterocycles. The highest BCUT2D eigenvalue weighted by Crippen LogP contribution is 2.42. The maximum atomic E-state index is 12.5. The second-order valence-electron chi connectivity index (χ2n) is 6.18. The first-order chi connectivity index (χ1) is 9.69. The largest absolute Gasteiger partial charge is 0.346 e. The molecule has 2 aliphatic rings. The first-order valence-electron chi connectivity index (χ1n) is 7.61. The average Bonchev–Trinajstić information content (AvgIpc) is 2.99. The maximum Gasteiger partial charge on any atom is 0.224 e. The normalized spacial score (nSPS) is 27.5. The Hall–Kier alpha value is -0.940. The van der Waals surface area contributed by atoms with Crippen molar-refractivity contribution in [2.75, 3.05) is 6.54 Å². The molecule has 1 amide bonds. The van der Waals surface area contributed by atoms with Gasteiger partial charge in [0.25, 0.3) is 0 Å². The van der Waals surface area contributed by atoms with Crippen LogP contribution in [-0.2, 0) is 4.79 Å². The van der Waals surface area contributed by atoms with Gasteiger partial charge in [0.15, 0.2) is 0 Å². The van der Waals surface area contributed by atoms with Crippen LogP contribution in [0.15, 0.2) is 5.38 Å². The topological polar surface area (TPSA) is 68.0 Å². The Morgan fingerprint density at radius 1 is 1.50 bits per heavy atom. The molecule has 3 atom stereocenters. The predicted octanol–water partition coefficient (Wildman–Crippen LogP) is 2.39. The summed E-state index contributed by atoms with van der Waals surface area (Å²) in [5.74, 6) is 1.26. The van der Waals surface area contributed by atoms with Crippen LogP contribution in [-0.4, -0.2) is 17.4 Å². The van der Waals surface area contributed by atoms with Gasteiger partial charge in [0.05, 0.1) is 6.04 Å². The van der Waals surface area contributed by atoms with Crippen molar-refractivity contribution in [1.82, 2.24) is 10.3 Å². The monoisotopic (exact) mass is 293 g/mol. The zero-order valence-corrected chi connectivity index (χ0v) is 12.8. The van der Waals surface area contributed by atoms with Crippen LogP contribution in [0.4, 0.5) is 0 Å². The molecule has 1 heterocycles. The summed E-state index contributed by atoms with van der Waals surface area (Å²) in [5, 5.41) is 6.40. The van der Waals surface area contributed by atoms with Crippen LogP contribution in [0, 0.1) is 24.7 Å². The number of nitrogens with one attached hydrogen (secondary N) is 1. The zero-order valence-electron chi connectivity index (χ0n) is 12.0. The molecule has 0 saturated heterocycles. The number of carbonyl (C=O) groups is 1. The summed E-state index contributed by atoms with van der Waals surface area (Å²) < 4.78 is 0. The average molecular weight is 293 g/mol. The second kappa shape index (κ2) is 5.82. The Morgan fingerprint density at radius 3 is 2.90 bits per heavy atom. The third kappa shape index (κ3) is 2.88. The fraction of sp³-hybridized carbons (Fsp3) is 0.733. The number of nitrogens with two attached hydrogens (primary N) is 1. The van der Waals surface area contributed by atoms with Crippen molar-refractivity contribution >= 4 is 17.2 Å². The molecule has 1 unspecified atom stereocenters. The number of thiazole rings is 1. The Balaban J connectivity index is 1.69. The van der Waals surface area contributed by atoms with E-state index < -0.39 is 0 Å². The third-order valence-corrected chi connectivity index (χ3v) is 5.64. The molecule has 110 valence electrons. The highest BCUT2D eigenvalue weighted by molar-refractivity contribution is 7.09. The van der Waals surface area contributed by atoms with Crippen LogP contribution in [0.5, 0.6) is 0 Å². The van der Waals surface area contributed by atoms with E-state index in [-0.39, 0.29) is 17.9 Å². The predicted molar refractivity (Wildman–Crippen MR) is 80.3 cm³/mol. The Kier molecular flexibility index (Phi) is 4.08. The van der Waals surface area contributed by atoms with Gasteiger partial charge in [-0.15, -0.1) is 11.3 Å². The fourth-order valence-electron chi connectivity index (χ4n) is 3.25. The van der Waals surface area contributed by atoms with Crippen molar-refractivity contribution < 1.29 is 4.79 Å². The molecule has 0 bridgehead atoms. The number of hydrogen-bond acceptors (Lipinski definition) is 4. The molecule has 0 spiro atoms. The van der Waals surface area contributed by atoms with Crippen molar-refractivity contribution in [3.05, 3.63) is 16.1 Å². The number of aromatic nitrogens is 1.